The van der Waals surface area contributed by atoms with Crippen LogP contribution in [0.3, 0.4) is 0 Å². The lowest BCUT2D eigenvalue weighted by Crippen LogP contribution is -2.40. The third-order valence-corrected chi connectivity index (χ3v) is 3.16. The summed E-state index contributed by atoms with van der Waals surface area (Å²) in [5.41, 5.74) is 2.62. The van der Waals surface area contributed by atoms with Crippen molar-refractivity contribution in [3.05, 3.63) is 29.8 Å². The van der Waals surface area contributed by atoms with Gasteiger partial charge < -0.3 is 10.1 Å². The Labute approximate surface area is 91.6 Å². The monoisotopic (exact) mass is 205 g/mol. The van der Waals surface area contributed by atoms with Gasteiger partial charge in [0.25, 0.3) is 0 Å². The number of aryl methyl sites for hydroxylation is 1. The van der Waals surface area contributed by atoms with Gasteiger partial charge in [0.15, 0.2) is 0 Å². The van der Waals surface area contributed by atoms with Crippen LogP contribution >= 0.6 is 0 Å². The van der Waals surface area contributed by atoms with Crippen LogP contribution in [0.4, 0.5) is 5.69 Å². The van der Waals surface area contributed by atoms with E-state index in [9.17, 15) is 0 Å². The zero-order valence-electron chi connectivity index (χ0n) is 9.49. The minimum absolute atomic E-state index is 0.470. The lowest BCUT2D eigenvalue weighted by molar-refractivity contribution is 0.0329. The fraction of sp³-hybridized carbons (Fsp3) is 0.538. The molecule has 0 heterocycles. The van der Waals surface area contributed by atoms with Crippen molar-refractivity contribution in [3.63, 3.8) is 0 Å². The molecule has 1 aromatic rings. The molecule has 2 nitrogen and oxygen atoms in total. The average Bonchev–Trinajstić information content (AvgIpc) is 2.23. The van der Waals surface area contributed by atoms with Crippen molar-refractivity contribution in [2.75, 3.05) is 12.4 Å². The van der Waals surface area contributed by atoms with E-state index in [0.29, 0.717) is 12.1 Å². The molecule has 1 aliphatic carbocycles. The first-order chi connectivity index (χ1) is 7.31. The molecule has 1 aliphatic rings. The Morgan fingerprint density at radius 3 is 2.47 bits per heavy atom. The molecule has 1 fully saturated rings. The van der Waals surface area contributed by atoms with Crippen LogP contribution in [-0.2, 0) is 11.2 Å². The molecule has 1 saturated carbocycles. The van der Waals surface area contributed by atoms with Crippen molar-refractivity contribution in [2.24, 2.45) is 0 Å². The van der Waals surface area contributed by atoms with E-state index in [0.717, 1.165) is 19.3 Å². The van der Waals surface area contributed by atoms with Crippen molar-refractivity contribution in [2.45, 2.75) is 38.3 Å². The van der Waals surface area contributed by atoms with Gasteiger partial charge in [0.1, 0.15) is 0 Å². The maximum absolute atomic E-state index is 5.25. The van der Waals surface area contributed by atoms with E-state index in [1.165, 1.54) is 11.3 Å². The van der Waals surface area contributed by atoms with Crippen LogP contribution in [0.2, 0.25) is 0 Å². The second-order valence-electron chi connectivity index (χ2n) is 4.22. The molecule has 0 radical (unpaired) electrons. The van der Waals surface area contributed by atoms with Crippen LogP contribution in [0.15, 0.2) is 24.3 Å². The summed E-state index contributed by atoms with van der Waals surface area (Å²) in [6.45, 7) is 2.18. The molecule has 0 saturated heterocycles. The van der Waals surface area contributed by atoms with E-state index in [2.05, 4.69) is 36.5 Å². The SMILES string of the molecule is CCc1ccc(NC2CC(OC)C2)cc1. The Kier molecular flexibility index (Phi) is 3.27. The van der Waals surface area contributed by atoms with Gasteiger partial charge in [-0.2, -0.15) is 0 Å². The normalized spacial score (nSPS) is 24.7. The number of anilines is 1. The largest absolute Gasteiger partial charge is 0.382 e. The van der Waals surface area contributed by atoms with E-state index < -0.39 is 0 Å². The maximum Gasteiger partial charge on any atom is 0.0610 e. The topological polar surface area (TPSA) is 21.3 Å². The Morgan fingerprint density at radius 1 is 1.27 bits per heavy atom. The van der Waals surface area contributed by atoms with Crippen LogP contribution in [0.5, 0.6) is 0 Å². The number of benzene rings is 1. The summed E-state index contributed by atoms with van der Waals surface area (Å²) in [6, 6.07) is 9.31. The van der Waals surface area contributed by atoms with Crippen LogP contribution in [0, 0.1) is 0 Å². The third kappa shape index (κ3) is 2.51. The van der Waals surface area contributed by atoms with Gasteiger partial charge in [0, 0.05) is 18.8 Å². The van der Waals surface area contributed by atoms with Crippen LogP contribution in [-0.4, -0.2) is 19.3 Å². The van der Waals surface area contributed by atoms with E-state index in [1.807, 2.05) is 0 Å². The summed E-state index contributed by atoms with van der Waals surface area (Å²) in [5.74, 6) is 0. The van der Waals surface area contributed by atoms with Crippen molar-refractivity contribution in [1.82, 2.24) is 0 Å². The zero-order chi connectivity index (χ0) is 10.7. The average molecular weight is 205 g/mol. The third-order valence-electron chi connectivity index (χ3n) is 3.16. The fourth-order valence-electron chi connectivity index (χ4n) is 1.95. The first-order valence-electron chi connectivity index (χ1n) is 5.70. The molecule has 0 unspecified atom stereocenters. The highest BCUT2D eigenvalue weighted by Crippen LogP contribution is 2.26. The van der Waals surface area contributed by atoms with Crippen LogP contribution in [0.25, 0.3) is 0 Å². The number of hydrogen-bond acceptors (Lipinski definition) is 2. The molecular weight excluding hydrogens is 186 g/mol. The number of nitrogens with one attached hydrogen (secondary N) is 1. The summed E-state index contributed by atoms with van der Waals surface area (Å²) in [4.78, 5) is 0. The van der Waals surface area contributed by atoms with Crippen LogP contribution < -0.4 is 5.32 Å². The number of hydrogen-bond donors (Lipinski definition) is 1. The van der Waals surface area contributed by atoms with E-state index in [-0.39, 0.29) is 0 Å². The Bertz CT molecular complexity index is 301. The van der Waals surface area contributed by atoms with Crippen molar-refractivity contribution >= 4 is 5.69 Å². The molecule has 0 aliphatic heterocycles. The van der Waals surface area contributed by atoms with Gasteiger partial charge in [0.2, 0.25) is 0 Å². The smallest absolute Gasteiger partial charge is 0.0610 e. The first kappa shape index (κ1) is 10.5. The van der Waals surface area contributed by atoms with Gasteiger partial charge in [-0.1, -0.05) is 19.1 Å². The Morgan fingerprint density at radius 2 is 1.93 bits per heavy atom. The van der Waals surface area contributed by atoms with E-state index in [4.69, 9.17) is 4.74 Å². The highest BCUT2D eigenvalue weighted by molar-refractivity contribution is 5.46. The first-order valence-corrected chi connectivity index (χ1v) is 5.70. The van der Waals surface area contributed by atoms with E-state index >= 15 is 0 Å². The standard InChI is InChI=1S/C13H19NO/c1-3-10-4-6-11(7-5-10)14-12-8-13(9-12)15-2/h4-7,12-14H,3,8-9H2,1-2H3. The second kappa shape index (κ2) is 4.67. The molecule has 82 valence electrons. The number of ether oxygens (including phenoxy) is 1. The van der Waals surface area contributed by atoms with Gasteiger partial charge in [-0.25, -0.2) is 0 Å². The number of methoxy groups -OCH3 is 1. The molecule has 15 heavy (non-hydrogen) atoms. The van der Waals surface area contributed by atoms with Crippen molar-refractivity contribution < 1.29 is 4.74 Å². The molecule has 0 spiro atoms. The van der Waals surface area contributed by atoms with Gasteiger partial charge in [-0.15, -0.1) is 0 Å². The van der Waals surface area contributed by atoms with Gasteiger partial charge >= 0.3 is 0 Å². The summed E-state index contributed by atoms with van der Waals surface area (Å²) >= 11 is 0. The second-order valence-corrected chi connectivity index (χ2v) is 4.22. The zero-order valence-corrected chi connectivity index (χ0v) is 9.49. The molecule has 0 atom stereocenters. The van der Waals surface area contributed by atoms with E-state index in [1.54, 1.807) is 7.11 Å². The molecule has 0 aromatic heterocycles. The predicted molar refractivity (Wildman–Crippen MR) is 63.3 cm³/mol. The van der Waals surface area contributed by atoms with Crippen molar-refractivity contribution in [3.8, 4) is 0 Å². The minimum atomic E-state index is 0.470. The molecule has 1 N–H and O–H groups in total. The Balaban J connectivity index is 1.84. The fourth-order valence-corrected chi connectivity index (χ4v) is 1.95. The summed E-state index contributed by atoms with van der Waals surface area (Å²) in [6.07, 6.45) is 3.84. The predicted octanol–water partition coefficient (Wildman–Crippen LogP) is 2.84. The molecule has 0 bridgehead atoms. The van der Waals surface area contributed by atoms with Crippen molar-refractivity contribution in [1.29, 1.82) is 0 Å². The molecule has 0 amide bonds. The molecule has 2 rings (SSSR count). The summed E-state index contributed by atoms with van der Waals surface area (Å²) < 4.78 is 5.25. The highest BCUT2D eigenvalue weighted by Gasteiger charge is 2.28. The molecule has 1 aromatic carbocycles. The van der Waals surface area contributed by atoms with Gasteiger partial charge in [-0.3, -0.25) is 0 Å². The summed E-state index contributed by atoms with van der Waals surface area (Å²) in [5, 5.41) is 3.51. The quantitative estimate of drug-likeness (QED) is 0.816. The van der Waals surface area contributed by atoms with Gasteiger partial charge in [-0.05, 0) is 37.0 Å². The van der Waals surface area contributed by atoms with Crippen LogP contribution in [0.1, 0.15) is 25.3 Å². The number of rotatable bonds is 4. The molecule has 2 heteroatoms. The molecular formula is C13H19NO. The summed E-state index contributed by atoms with van der Waals surface area (Å²) in [7, 11) is 1.79. The lowest BCUT2D eigenvalue weighted by atomic mass is 9.89. The minimum Gasteiger partial charge on any atom is -0.382 e. The maximum atomic E-state index is 5.25. The lowest BCUT2D eigenvalue weighted by Gasteiger charge is -2.35. The Hall–Kier alpha value is -1.02. The van der Waals surface area contributed by atoms with Gasteiger partial charge in [0.05, 0.1) is 6.10 Å². The highest BCUT2D eigenvalue weighted by atomic mass is 16.5.